The molecule has 5 rings (SSSR count). The number of carbonyl (C=O) groups excluding carboxylic acids is 2. The molecule has 2 N–H and O–H groups in total. The fourth-order valence-electron chi connectivity index (χ4n) is 5.92. The number of nitrogens with two attached hydrogens (primary N) is 1. The van der Waals surface area contributed by atoms with Crippen molar-refractivity contribution in [2.24, 2.45) is 11.1 Å². The number of methoxy groups -OCH3 is 1. The van der Waals surface area contributed by atoms with Crippen molar-refractivity contribution in [2.75, 3.05) is 12.0 Å². The van der Waals surface area contributed by atoms with Crippen molar-refractivity contribution >= 4 is 28.1 Å². The molecule has 0 unspecified atom stereocenters. The highest BCUT2D eigenvalue weighted by Crippen LogP contribution is 2.52. The molecule has 0 amide bonds. The van der Waals surface area contributed by atoms with Gasteiger partial charge in [-0.2, -0.15) is 5.26 Å². The number of esters is 1. The van der Waals surface area contributed by atoms with E-state index in [1.807, 2.05) is 35.2 Å². The Morgan fingerprint density at radius 3 is 2.58 bits per heavy atom. The van der Waals surface area contributed by atoms with Gasteiger partial charge in [0.25, 0.3) is 0 Å². The van der Waals surface area contributed by atoms with Crippen molar-refractivity contribution in [1.29, 1.82) is 5.26 Å². The minimum absolute atomic E-state index is 0.0260. The van der Waals surface area contributed by atoms with Crippen molar-refractivity contribution in [3.8, 4) is 6.07 Å². The third-order valence-electron chi connectivity index (χ3n) is 7.51. The molecule has 0 bridgehead atoms. The lowest BCUT2D eigenvalue weighted by atomic mass is 9.68. The van der Waals surface area contributed by atoms with E-state index in [-0.39, 0.29) is 17.0 Å². The Kier molecular flexibility index (Phi) is 6.25. The van der Waals surface area contributed by atoms with Gasteiger partial charge in [-0.3, -0.25) is 9.69 Å². The molecule has 186 valence electrons. The molecule has 1 atom stereocenters. The number of nitriles is 1. The first-order chi connectivity index (χ1) is 17.3. The van der Waals surface area contributed by atoms with Crippen molar-refractivity contribution in [2.45, 2.75) is 64.7 Å². The smallest absolute Gasteiger partial charge is 0.341 e. The molecular formula is C29H31N3O3S. The number of ether oxygens (including phenoxy) is 1. The summed E-state index contributed by atoms with van der Waals surface area (Å²) in [5.74, 6) is -0.606. The average molecular weight is 502 g/mol. The van der Waals surface area contributed by atoms with Crippen LogP contribution in [0.25, 0.3) is 0 Å². The molecule has 1 aromatic heterocycles. The van der Waals surface area contributed by atoms with E-state index in [1.165, 1.54) is 12.0 Å². The summed E-state index contributed by atoms with van der Waals surface area (Å²) < 4.78 is 5.25. The highest BCUT2D eigenvalue weighted by Gasteiger charge is 2.46. The fraction of sp³-hybridized carbons (Fsp3) is 0.414. The maximum absolute atomic E-state index is 13.7. The summed E-state index contributed by atoms with van der Waals surface area (Å²) in [4.78, 5) is 29.9. The van der Waals surface area contributed by atoms with Crippen LogP contribution in [0.4, 0.5) is 5.00 Å². The minimum Gasteiger partial charge on any atom is -0.465 e. The summed E-state index contributed by atoms with van der Waals surface area (Å²) in [5, 5.41) is 11.0. The molecule has 0 spiro atoms. The number of benzene rings is 1. The number of ketones is 1. The van der Waals surface area contributed by atoms with E-state index < -0.39 is 11.9 Å². The van der Waals surface area contributed by atoms with Crippen molar-refractivity contribution in [3.05, 3.63) is 74.6 Å². The van der Waals surface area contributed by atoms with Gasteiger partial charge in [0.05, 0.1) is 30.2 Å². The van der Waals surface area contributed by atoms with Gasteiger partial charge in [0.1, 0.15) is 10.8 Å². The zero-order valence-corrected chi connectivity index (χ0v) is 21.8. The third-order valence-corrected chi connectivity index (χ3v) is 8.79. The quantitative estimate of drug-likeness (QED) is 0.425. The highest BCUT2D eigenvalue weighted by atomic mass is 32.1. The Morgan fingerprint density at radius 2 is 1.89 bits per heavy atom. The van der Waals surface area contributed by atoms with Crippen LogP contribution in [0, 0.1) is 16.7 Å². The van der Waals surface area contributed by atoms with Crippen LogP contribution >= 0.6 is 11.3 Å². The summed E-state index contributed by atoms with van der Waals surface area (Å²) in [6.45, 7) is 4.16. The van der Waals surface area contributed by atoms with E-state index in [0.717, 1.165) is 48.9 Å². The van der Waals surface area contributed by atoms with E-state index in [9.17, 15) is 14.9 Å². The van der Waals surface area contributed by atoms with Gasteiger partial charge in [0, 0.05) is 22.6 Å². The lowest BCUT2D eigenvalue weighted by molar-refractivity contribution is -0.118. The SMILES string of the molecule is COC(=O)c1c(N2C(N)=C(C#N)[C@@H](c3ccccc3)C3=C2CC(C)(C)CC3=O)sc2c1CCCCC2. The predicted octanol–water partition coefficient (Wildman–Crippen LogP) is 5.74. The number of allylic oxidation sites excluding steroid dienone is 3. The molecule has 0 radical (unpaired) electrons. The largest absolute Gasteiger partial charge is 0.465 e. The summed E-state index contributed by atoms with van der Waals surface area (Å²) in [6, 6.07) is 11.9. The molecule has 2 heterocycles. The molecule has 0 saturated carbocycles. The van der Waals surface area contributed by atoms with Gasteiger partial charge in [0.15, 0.2) is 5.78 Å². The summed E-state index contributed by atoms with van der Waals surface area (Å²) in [5.41, 5.74) is 10.7. The molecule has 0 saturated heterocycles. The number of carbonyl (C=O) groups is 2. The highest BCUT2D eigenvalue weighted by molar-refractivity contribution is 7.16. The average Bonchev–Trinajstić information content (AvgIpc) is 3.04. The lowest BCUT2D eigenvalue weighted by Gasteiger charge is -2.43. The summed E-state index contributed by atoms with van der Waals surface area (Å²) in [6.07, 6.45) is 5.91. The molecule has 6 nitrogen and oxygen atoms in total. The summed E-state index contributed by atoms with van der Waals surface area (Å²) >= 11 is 1.55. The second-order valence-corrected chi connectivity index (χ2v) is 11.7. The van der Waals surface area contributed by atoms with Crippen LogP contribution in [0.1, 0.15) is 78.2 Å². The number of fused-ring (bicyclic) bond motifs is 1. The molecule has 7 heteroatoms. The molecule has 36 heavy (non-hydrogen) atoms. The number of aryl methyl sites for hydroxylation is 1. The van der Waals surface area contributed by atoms with E-state index in [1.54, 1.807) is 11.3 Å². The molecule has 2 aliphatic carbocycles. The lowest BCUT2D eigenvalue weighted by Crippen LogP contribution is -2.42. The Bertz CT molecular complexity index is 1340. The Morgan fingerprint density at radius 1 is 1.17 bits per heavy atom. The minimum atomic E-state index is -0.523. The van der Waals surface area contributed by atoms with Crippen LogP contribution < -0.4 is 10.6 Å². The van der Waals surface area contributed by atoms with Gasteiger partial charge in [0.2, 0.25) is 0 Å². The second-order valence-electron chi connectivity index (χ2n) is 10.6. The Hall–Kier alpha value is -3.37. The van der Waals surface area contributed by atoms with Crippen molar-refractivity contribution < 1.29 is 14.3 Å². The number of thiophene rings is 1. The first-order valence-corrected chi connectivity index (χ1v) is 13.3. The molecular weight excluding hydrogens is 470 g/mol. The molecule has 3 aliphatic rings. The normalized spacial score (nSPS) is 21.4. The van der Waals surface area contributed by atoms with Crippen LogP contribution in [0.2, 0.25) is 0 Å². The van der Waals surface area contributed by atoms with Gasteiger partial charge >= 0.3 is 5.97 Å². The number of hydrogen-bond acceptors (Lipinski definition) is 7. The monoisotopic (exact) mass is 501 g/mol. The van der Waals surface area contributed by atoms with Crippen LogP contribution in [0.5, 0.6) is 0 Å². The topological polar surface area (TPSA) is 96.4 Å². The zero-order chi connectivity index (χ0) is 25.6. The fourth-order valence-corrected chi connectivity index (χ4v) is 7.33. The Labute approximate surface area is 216 Å². The van der Waals surface area contributed by atoms with Gasteiger partial charge in [-0.15, -0.1) is 11.3 Å². The van der Waals surface area contributed by atoms with Crippen LogP contribution in [-0.2, 0) is 22.4 Å². The number of hydrogen-bond donors (Lipinski definition) is 1. The number of rotatable bonds is 3. The number of Topliss-reactive ketones (excluding diaryl/α,β-unsaturated/α-hetero) is 1. The molecule has 1 aliphatic heterocycles. The van der Waals surface area contributed by atoms with Crippen LogP contribution in [0.15, 0.2) is 53.0 Å². The number of nitrogens with zero attached hydrogens (tertiary/aromatic N) is 2. The van der Waals surface area contributed by atoms with Crippen molar-refractivity contribution in [1.82, 2.24) is 0 Å². The first kappa shape index (κ1) is 24.3. The Balaban J connectivity index is 1.80. The maximum Gasteiger partial charge on any atom is 0.341 e. The van der Waals surface area contributed by atoms with Crippen LogP contribution in [0.3, 0.4) is 0 Å². The maximum atomic E-state index is 13.7. The zero-order valence-electron chi connectivity index (χ0n) is 21.0. The van der Waals surface area contributed by atoms with Gasteiger partial charge in [-0.05, 0) is 48.6 Å². The third kappa shape index (κ3) is 3.94. The second kappa shape index (κ2) is 9.25. The summed E-state index contributed by atoms with van der Waals surface area (Å²) in [7, 11) is 1.40. The molecule has 1 aromatic carbocycles. The van der Waals surface area contributed by atoms with E-state index >= 15 is 0 Å². The van der Waals surface area contributed by atoms with E-state index in [2.05, 4.69) is 19.9 Å². The first-order valence-electron chi connectivity index (χ1n) is 12.5. The molecule has 2 aromatic rings. The predicted molar refractivity (Wildman–Crippen MR) is 140 cm³/mol. The van der Waals surface area contributed by atoms with Crippen molar-refractivity contribution in [3.63, 3.8) is 0 Å². The standard InChI is InChI=1S/C29H31N3O3S/c1-29(2)14-20-25(21(33)15-29)23(17-10-6-4-7-11-17)19(16-30)26(31)32(20)27-24(28(34)35-3)18-12-8-5-9-13-22(18)36-27/h4,6-7,10-11,23H,5,8-9,12-15,31H2,1-3H3/t23-/m1/s1. The van der Waals surface area contributed by atoms with Crippen LogP contribution in [-0.4, -0.2) is 18.9 Å². The number of anilines is 1. The van der Waals surface area contributed by atoms with E-state index in [4.69, 9.17) is 10.5 Å². The van der Waals surface area contributed by atoms with Gasteiger partial charge in [-0.1, -0.05) is 50.6 Å². The van der Waals surface area contributed by atoms with Gasteiger partial charge < -0.3 is 10.5 Å². The molecule has 0 fully saturated rings. The van der Waals surface area contributed by atoms with Gasteiger partial charge in [-0.25, -0.2) is 4.79 Å². The van der Waals surface area contributed by atoms with E-state index in [0.29, 0.717) is 34.6 Å².